The van der Waals surface area contributed by atoms with Crippen LogP contribution >= 0.6 is 11.6 Å². The molecule has 1 N–H and O–H groups in total. The minimum Gasteiger partial charge on any atom is -0.372 e. The third-order valence-electron chi connectivity index (χ3n) is 3.38. The summed E-state index contributed by atoms with van der Waals surface area (Å²) in [5.41, 5.74) is 2.53. The molecule has 0 aliphatic heterocycles. The van der Waals surface area contributed by atoms with E-state index in [1.807, 2.05) is 6.07 Å². The highest BCUT2D eigenvalue weighted by Crippen LogP contribution is 2.26. The Labute approximate surface area is 116 Å². The number of benzene rings is 1. The Morgan fingerprint density at radius 1 is 1.28 bits per heavy atom. The molecule has 0 heterocycles. The fourth-order valence-corrected chi connectivity index (χ4v) is 2.01. The molecule has 1 atom stereocenters. The molecule has 18 heavy (non-hydrogen) atoms. The number of nitrogens with zero attached hydrogens (tertiary/aromatic N) is 1. The van der Waals surface area contributed by atoms with Gasteiger partial charge in [-0.2, -0.15) is 0 Å². The molecule has 2 nitrogen and oxygen atoms in total. The molecule has 0 fully saturated rings. The van der Waals surface area contributed by atoms with Gasteiger partial charge in [-0.1, -0.05) is 38.4 Å². The largest absolute Gasteiger partial charge is 0.372 e. The van der Waals surface area contributed by atoms with E-state index in [2.05, 4.69) is 57.1 Å². The van der Waals surface area contributed by atoms with E-state index >= 15 is 0 Å². The van der Waals surface area contributed by atoms with E-state index in [1.54, 1.807) is 0 Å². The molecule has 0 aromatic heterocycles. The molecule has 0 spiro atoms. The van der Waals surface area contributed by atoms with Gasteiger partial charge in [-0.15, -0.1) is 0 Å². The van der Waals surface area contributed by atoms with Gasteiger partial charge in [-0.05, 0) is 31.0 Å². The van der Waals surface area contributed by atoms with Gasteiger partial charge in [0.1, 0.15) is 0 Å². The second kappa shape index (κ2) is 7.01. The molecule has 1 aromatic rings. The molecule has 1 aromatic carbocycles. The van der Waals surface area contributed by atoms with E-state index in [4.69, 9.17) is 11.6 Å². The number of hydrogen-bond donors (Lipinski definition) is 1. The van der Waals surface area contributed by atoms with Crippen LogP contribution in [0.4, 0.5) is 5.69 Å². The lowest BCUT2D eigenvalue weighted by atomic mass is 10.1. The Hall–Kier alpha value is -0.730. The zero-order chi connectivity index (χ0) is 13.7. The summed E-state index contributed by atoms with van der Waals surface area (Å²) in [5, 5.41) is 4.26. The minimum atomic E-state index is 0.488. The Morgan fingerprint density at radius 3 is 2.50 bits per heavy atom. The fraction of sp³-hybridized carbons (Fsp3) is 0.600. The van der Waals surface area contributed by atoms with Gasteiger partial charge in [0.2, 0.25) is 0 Å². The van der Waals surface area contributed by atoms with Gasteiger partial charge in [0, 0.05) is 36.4 Å². The van der Waals surface area contributed by atoms with Crippen molar-refractivity contribution in [2.24, 2.45) is 0 Å². The lowest BCUT2D eigenvalue weighted by molar-refractivity contribution is 0.585. The van der Waals surface area contributed by atoms with Crippen LogP contribution in [0, 0.1) is 0 Å². The van der Waals surface area contributed by atoms with E-state index in [0.717, 1.165) is 18.0 Å². The fourth-order valence-electron chi connectivity index (χ4n) is 1.84. The summed E-state index contributed by atoms with van der Waals surface area (Å²) in [6, 6.07) is 7.15. The lowest BCUT2D eigenvalue weighted by Gasteiger charge is -2.29. The van der Waals surface area contributed by atoms with E-state index in [-0.39, 0.29) is 0 Å². The van der Waals surface area contributed by atoms with Crippen LogP contribution in [-0.4, -0.2) is 19.1 Å². The molecule has 0 radical (unpaired) electrons. The van der Waals surface area contributed by atoms with Crippen LogP contribution in [0.1, 0.15) is 39.7 Å². The van der Waals surface area contributed by atoms with Crippen LogP contribution in [-0.2, 0) is 6.54 Å². The van der Waals surface area contributed by atoms with Crippen molar-refractivity contribution in [3.05, 3.63) is 28.8 Å². The number of halogens is 1. The maximum absolute atomic E-state index is 6.12. The van der Waals surface area contributed by atoms with Crippen molar-refractivity contribution < 1.29 is 0 Å². The first-order valence-corrected chi connectivity index (χ1v) is 7.08. The number of anilines is 1. The van der Waals surface area contributed by atoms with E-state index in [1.165, 1.54) is 11.3 Å². The van der Waals surface area contributed by atoms with Gasteiger partial charge < -0.3 is 10.2 Å². The molecule has 0 saturated carbocycles. The second-order valence-electron chi connectivity index (χ2n) is 5.18. The highest BCUT2D eigenvalue weighted by molar-refractivity contribution is 6.30. The SMILES string of the molecule is CCC(C)N(C)c1cc(Cl)ccc1CNC(C)C. The van der Waals surface area contributed by atoms with Crippen LogP contribution in [0.2, 0.25) is 5.02 Å². The molecular weight excluding hydrogens is 244 g/mol. The molecule has 3 heteroatoms. The van der Waals surface area contributed by atoms with Crippen molar-refractivity contribution >= 4 is 17.3 Å². The molecule has 0 amide bonds. The third-order valence-corrected chi connectivity index (χ3v) is 3.62. The zero-order valence-corrected chi connectivity index (χ0v) is 12.9. The van der Waals surface area contributed by atoms with Crippen LogP contribution < -0.4 is 10.2 Å². The number of nitrogens with one attached hydrogen (secondary N) is 1. The van der Waals surface area contributed by atoms with Crippen molar-refractivity contribution in [1.29, 1.82) is 0 Å². The average Bonchev–Trinajstić information content (AvgIpc) is 2.35. The standard InChI is InChI=1S/C15H25ClN2/c1-6-12(4)18(5)15-9-14(16)8-7-13(15)10-17-11(2)3/h7-9,11-12,17H,6,10H2,1-5H3. The quantitative estimate of drug-likeness (QED) is 0.837. The first-order chi connectivity index (χ1) is 8.45. The van der Waals surface area contributed by atoms with Gasteiger partial charge in [0.25, 0.3) is 0 Å². The molecule has 102 valence electrons. The molecule has 0 bridgehead atoms. The maximum Gasteiger partial charge on any atom is 0.0426 e. The van der Waals surface area contributed by atoms with Crippen LogP contribution in [0.15, 0.2) is 18.2 Å². The summed E-state index contributed by atoms with van der Waals surface area (Å²) in [7, 11) is 2.14. The second-order valence-corrected chi connectivity index (χ2v) is 5.61. The molecule has 1 rings (SSSR count). The molecular formula is C15H25ClN2. The molecule has 0 saturated heterocycles. The van der Waals surface area contributed by atoms with Crippen LogP contribution in [0.25, 0.3) is 0 Å². The Bertz CT molecular complexity index is 377. The summed E-state index contributed by atoms with van der Waals surface area (Å²) in [4.78, 5) is 2.31. The average molecular weight is 269 g/mol. The zero-order valence-electron chi connectivity index (χ0n) is 12.1. The lowest BCUT2D eigenvalue weighted by Crippen LogP contribution is -2.30. The molecule has 1 unspecified atom stereocenters. The first kappa shape index (κ1) is 15.3. The highest BCUT2D eigenvalue weighted by atomic mass is 35.5. The van der Waals surface area contributed by atoms with Gasteiger partial charge in [0.05, 0.1) is 0 Å². The smallest absolute Gasteiger partial charge is 0.0426 e. The Morgan fingerprint density at radius 2 is 1.94 bits per heavy atom. The normalized spacial score (nSPS) is 12.8. The van der Waals surface area contributed by atoms with Crippen LogP contribution in [0.5, 0.6) is 0 Å². The van der Waals surface area contributed by atoms with Crippen molar-refractivity contribution in [3.63, 3.8) is 0 Å². The van der Waals surface area contributed by atoms with E-state index in [0.29, 0.717) is 12.1 Å². The van der Waals surface area contributed by atoms with Gasteiger partial charge in [-0.25, -0.2) is 0 Å². The summed E-state index contributed by atoms with van der Waals surface area (Å²) in [6.45, 7) is 9.64. The Kier molecular flexibility index (Phi) is 5.97. The van der Waals surface area contributed by atoms with Crippen molar-refractivity contribution in [3.8, 4) is 0 Å². The maximum atomic E-state index is 6.12. The summed E-state index contributed by atoms with van der Waals surface area (Å²) in [6.07, 6.45) is 1.13. The van der Waals surface area contributed by atoms with Crippen molar-refractivity contribution in [2.75, 3.05) is 11.9 Å². The van der Waals surface area contributed by atoms with Crippen molar-refractivity contribution in [2.45, 2.75) is 52.7 Å². The predicted octanol–water partition coefficient (Wildman–Crippen LogP) is 4.07. The van der Waals surface area contributed by atoms with Crippen molar-refractivity contribution in [1.82, 2.24) is 5.32 Å². The highest BCUT2D eigenvalue weighted by Gasteiger charge is 2.13. The van der Waals surface area contributed by atoms with Gasteiger partial charge in [-0.3, -0.25) is 0 Å². The molecule has 0 aliphatic rings. The summed E-state index contributed by atoms with van der Waals surface area (Å²) < 4.78 is 0. The number of rotatable bonds is 6. The third kappa shape index (κ3) is 4.18. The minimum absolute atomic E-state index is 0.488. The van der Waals surface area contributed by atoms with E-state index in [9.17, 15) is 0 Å². The Balaban J connectivity index is 2.95. The monoisotopic (exact) mass is 268 g/mol. The van der Waals surface area contributed by atoms with Crippen LogP contribution in [0.3, 0.4) is 0 Å². The van der Waals surface area contributed by atoms with Gasteiger partial charge in [0.15, 0.2) is 0 Å². The topological polar surface area (TPSA) is 15.3 Å². The molecule has 0 aliphatic carbocycles. The number of hydrogen-bond acceptors (Lipinski definition) is 2. The summed E-state index contributed by atoms with van der Waals surface area (Å²) >= 11 is 6.12. The predicted molar refractivity (Wildman–Crippen MR) is 81.6 cm³/mol. The van der Waals surface area contributed by atoms with E-state index < -0.39 is 0 Å². The first-order valence-electron chi connectivity index (χ1n) is 6.70. The summed E-state index contributed by atoms with van der Waals surface area (Å²) in [5.74, 6) is 0. The van der Waals surface area contributed by atoms with Gasteiger partial charge >= 0.3 is 0 Å².